The van der Waals surface area contributed by atoms with Crippen LogP contribution >= 0.6 is 0 Å². The lowest BCUT2D eigenvalue weighted by atomic mass is 10.3. The predicted octanol–water partition coefficient (Wildman–Crippen LogP) is 0.229. The molecule has 3 amide bonds. The Labute approximate surface area is 203 Å². The summed E-state index contributed by atoms with van der Waals surface area (Å²) in [5, 5.41) is 28.3. The summed E-state index contributed by atoms with van der Waals surface area (Å²) >= 11 is 0. The van der Waals surface area contributed by atoms with Crippen molar-refractivity contribution >= 4 is 28.3 Å². The van der Waals surface area contributed by atoms with E-state index in [1.165, 1.54) is 31.4 Å². The van der Waals surface area contributed by atoms with Gasteiger partial charge in [-0.05, 0) is 24.3 Å². The number of nitrogens with one attached hydrogen (secondary N) is 1. The first-order chi connectivity index (χ1) is 16.5. The number of nitrogens with zero attached hydrogens (tertiary/aromatic N) is 4. The lowest BCUT2D eigenvalue weighted by Crippen LogP contribution is -2.49. The lowest BCUT2D eigenvalue weighted by Gasteiger charge is -2.32. The number of carbonyl (C=O) groups is 3. The Bertz CT molecular complexity index is 944. The second kappa shape index (κ2) is 13.0. The molecule has 15 heteroatoms. The average Bonchev–Trinajstić information content (AvgIpc) is 2.79. The van der Waals surface area contributed by atoms with E-state index in [4.69, 9.17) is 4.74 Å². The molecule has 1 aliphatic rings. The van der Waals surface area contributed by atoms with Crippen molar-refractivity contribution in [2.75, 3.05) is 72.6 Å². The molecule has 0 aliphatic carbocycles. The van der Waals surface area contributed by atoms with Gasteiger partial charge in [-0.1, -0.05) is 0 Å². The minimum absolute atomic E-state index is 0.0152. The average molecular weight is 518 g/mol. The molecule has 1 saturated heterocycles. The highest BCUT2D eigenvalue weighted by Gasteiger charge is 2.23. The first-order valence-corrected chi connectivity index (χ1v) is 12.3. The highest BCUT2D eigenvalue weighted by molar-refractivity contribution is 7.89. The van der Waals surface area contributed by atoms with Crippen molar-refractivity contribution in [2.24, 2.45) is 0 Å². The van der Waals surface area contributed by atoms with Crippen molar-refractivity contribution in [1.29, 1.82) is 0 Å². The summed E-state index contributed by atoms with van der Waals surface area (Å²) in [5.41, 5.74) is 0. The van der Waals surface area contributed by atoms with Crippen LogP contribution in [0.25, 0.3) is 0 Å². The Morgan fingerprint density at radius 3 is 1.57 bits per heavy atom. The third-order valence-electron chi connectivity index (χ3n) is 5.55. The van der Waals surface area contributed by atoms with Crippen LogP contribution in [0.1, 0.15) is 0 Å². The summed E-state index contributed by atoms with van der Waals surface area (Å²) < 4.78 is 32.6. The quantitative estimate of drug-likeness (QED) is 0.408. The minimum Gasteiger partial charge on any atom is -0.497 e. The zero-order valence-corrected chi connectivity index (χ0v) is 20.2. The van der Waals surface area contributed by atoms with Crippen LogP contribution < -0.4 is 9.46 Å². The Morgan fingerprint density at radius 2 is 1.20 bits per heavy atom. The number of hydrogen-bond donors (Lipinski definition) is 4. The van der Waals surface area contributed by atoms with Gasteiger partial charge in [-0.25, -0.2) is 27.5 Å². The fourth-order valence-corrected chi connectivity index (χ4v) is 4.45. The molecule has 35 heavy (non-hydrogen) atoms. The van der Waals surface area contributed by atoms with Gasteiger partial charge in [0.1, 0.15) is 5.75 Å². The summed E-state index contributed by atoms with van der Waals surface area (Å²) in [6.45, 7) is 0.363. The van der Waals surface area contributed by atoms with E-state index >= 15 is 0 Å². The van der Waals surface area contributed by atoms with E-state index < -0.39 is 28.3 Å². The molecule has 2 rings (SSSR count). The molecule has 1 aliphatic heterocycles. The highest BCUT2D eigenvalue weighted by atomic mass is 32.2. The normalized spacial score (nSPS) is 16.8. The van der Waals surface area contributed by atoms with E-state index in [-0.39, 0.29) is 70.3 Å². The van der Waals surface area contributed by atoms with Crippen LogP contribution in [0.15, 0.2) is 29.2 Å². The summed E-state index contributed by atoms with van der Waals surface area (Å²) in [4.78, 5) is 39.6. The van der Waals surface area contributed by atoms with Crippen LogP contribution in [0.5, 0.6) is 5.75 Å². The molecule has 1 aromatic carbocycles. The summed E-state index contributed by atoms with van der Waals surface area (Å²) in [6, 6.07) is 5.87. The molecule has 0 radical (unpaired) electrons. The number of sulfonamides is 1. The number of ether oxygens (including phenoxy) is 1. The van der Waals surface area contributed by atoms with Crippen LogP contribution in [-0.4, -0.2) is 134 Å². The highest BCUT2D eigenvalue weighted by Crippen LogP contribution is 2.15. The molecule has 14 nitrogen and oxygen atoms in total. The number of methoxy groups -OCH3 is 1. The van der Waals surface area contributed by atoms with Gasteiger partial charge >= 0.3 is 18.3 Å². The summed E-state index contributed by atoms with van der Waals surface area (Å²) in [7, 11) is -2.32. The number of amides is 3. The summed E-state index contributed by atoms with van der Waals surface area (Å²) in [6.07, 6.45) is -3.68. The first kappa shape index (κ1) is 27.9. The molecular formula is C20H31N5O9S. The molecule has 4 N–H and O–H groups in total. The number of carboxylic acid groups (broad SMARTS) is 3. The molecule has 0 saturated carbocycles. The molecule has 0 bridgehead atoms. The lowest BCUT2D eigenvalue weighted by molar-refractivity contribution is 0.0989. The molecule has 1 fully saturated rings. The third kappa shape index (κ3) is 8.77. The van der Waals surface area contributed by atoms with E-state index in [2.05, 4.69) is 4.72 Å². The topological polar surface area (TPSA) is 180 Å². The molecule has 0 aromatic heterocycles. The fraction of sp³-hybridized carbons (Fsp3) is 0.550. The minimum atomic E-state index is -3.79. The SMILES string of the molecule is COc1ccc(S(=O)(=O)NCCN2CCN(C(=O)O)CCN(C(=O)O)CCN(C(=O)O)CC2)cc1. The molecule has 196 valence electrons. The molecule has 0 spiro atoms. The van der Waals surface area contributed by atoms with Gasteiger partial charge in [-0.15, -0.1) is 0 Å². The maximum Gasteiger partial charge on any atom is 0.407 e. The van der Waals surface area contributed by atoms with E-state index in [0.29, 0.717) is 5.75 Å². The van der Waals surface area contributed by atoms with E-state index in [1.807, 2.05) is 0 Å². The first-order valence-electron chi connectivity index (χ1n) is 10.8. The fourth-order valence-electron chi connectivity index (χ4n) is 3.43. The van der Waals surface area contributed by atoms with Gasteiger partial charge in [-0.2, -0.15) is 0 Å². The Hall–Kier alpha value is -3.30. The largest absolute Gasteiger partial charge is 0.497 e. The van der Waals surface area contributed by atoms with Crippen LogP contribution in [0, 0.1) is 0 Å². The van der Waals surface area contributed by atoms with Crippen LogP contribution in [-0.2, 0) is 10.0 Å². The van der Waals surface area contributed by atoms with Crippen molar-refractivity contribution in [3.63, 3.8) is 0 Å². The van der Waals surface area contributed by atoms with Crippen molar-refractivity contribution in [2.45, 2.75) is 4.90 Å². The number of rotatable bonds is 6. The molecular weight excluding hydrogens is 486 g/mol. The van der Waals surface area contributed by atoms with Crippen LogP contribution in [0.2, 0.25) is 0 Å². The molecule has 0 atom stereocenters. The van der Waals surface area contributed by atoms with Crippen LogP contribution in [0.3, 0.4) is 0 Å². The molecule has 1 aromatic rings. The Balaban J connectivity index is 2.06. The van der Waals surface area contributed by atoms with Gasteiger partial charge in [-0.3, -0.25) is 4.90 Å². The zero-order chi connectivity index (χ0) is 26.0. The van der Waals surface area contributed by atoms with Gasteiger partial charge in [0, 0.05) is 65.4 Å². The molecule has 0 unspecified atom stereocenters. The maximum atomic E-state index is 12.6. The maximum absolute atomic E-state index is 12.6. The van der Waals surface area contributed by atoms with E-state index in [0.717, 1.165) is 14.7 Å². The van der Waals surface area contributed by atoms with Crippen molar-refractivity contribution in [1.82, 2.24) is 24.3 Å². The van der Waals surface area contributed by atoms with Gasteiger partial charge < -0.3 is 34.8 Å². The van der Waals surface area contributed by atoms with Crippen molar-refractivity contribution in [3.05, 3.63) is 24.3 Å². The second-order valence-electron chi connectivity index (χ2n) is 7.72. The Kier molecular flexibility index (Phi) is 10.4. The number of hydrogen-bond acceptors (Lipinski definition) is 7. The monoisotopic (exact) mass is 517 g/mol. The van der Waals surface area contributed by atoms with Gasteiger partial charge in [0.05, 0.1) is 12.0 Å². The van der Waals surface area contributed by atoms with Crippen molar-refractivity contribution < 1.29 is 42.9 Å². The summed E-state index contributed by atoms with van der Waals surface area (Å²) in [5.74, 6) is 0.515. The second-order valence-corrected chi connectivity index (χ2v) is 9.49. The molecule has 1 heterocycles. The number of benzene rings is 1. The Morgan fingerprint density at radius 1 is 0.800 bits per heavy atom. The van der Waals surface area contributed by atoms with E-state index in [1.54, 1.807) is 4.90 Å². The predicted molar refractivity (Wildman–Crippen MR) is 123 cm³/mol. The van der Waals surface area contributed by atoms with Gasteiger partial charge in [0.2, 0.25) is 10.0 Å². The van der Waals surface area contributed by atoms with E-state index in [9.17, 15) is 38.1 Å². The zero-order valence-electron chi connectivity index (χ0n) is 19.4. The third-order valence-corrected chi connectivity index (χ3v) is 7.03. The van der Waals surface area contributed by atoms with Gasteiger partial charge in [0.25, 0.3) is 0 Å². The van der Waals surface area contributed by atoms with Crippen molar-refractivity contribution in [3.8, 4) is 5.75 Å². The van der Waals surface area contributed by atoms with Crippen LogP contribution in [0.4, 0.5) is 14.4 Å². The standard InChI is InChI=1S/C20H31N5O9S/c1-34-16-2-4-17(5-3-16)35(32,33)21-6-7-22-8-10-23(18(26)27)12-14-25(20(30)31)15-13-24(11-9-22)19(28)29/h2-5,21H,6-15H2,1H3,(H,26,27)(H,28,29)(H,30,31). The van der Waals surface area contributed by atoms with Gasteiger partial charge in [0.15, 0.2) is 0 Å². The smallest absolute Gasteiger partial charge is 0.407 e.